The SMILES string of the molecule is CC(N)CCCS(=O)(=O)C(C)C(C)C. The number of sulfone groups is 1. The van der Waals surface area contributed by atoms with Crippen LogP contribution in [0.5, 0.6) is 0 Å². The molecule has 0 rings (SSSR count). The second kappa shape index (κ2) is 5.71. The first-order chi connectivity index (χ1) is 6.27. The van der Waals surface area contributed by atoms with Crippen molar-refractivity contribution in [2.45, 2.75) is 51.8 Å². The number of hydrogen-bond donors (Lipinski definition) is 1. The fourth-order valence-corrected chi connectivity index (χ4v) is 2.98. The molecule has 0 aromatic carbocycles. The Balaban J connectivity index is 4.09. The molecule has 0 bridgehead atoms. The first kappa shape index (κ1) is 13.9. The van der Waals surface area contributed by atoms with Gasteiger partial charge in [0.05, 0.1) is 11.0 Å². The molecule has 2 unspecified atom stereocenters. The molecule has 0 saturated heterocycles. The van der Waals surface area contributed by atoms with Gasteiger partial charge in [0, 0.05) is 6.04 Å². The maximum absolute atomic E-state index is 11.7. The number of rotatable bonds is 6. The summed E-state index contributed by atoms with van der Waals surface area (Å²) in [5.74, 6) is 0.462. The molecule has 86 valence electrons. The van der Waals surface area contributed by atoms with Gasteiger partial charge in [-0.05, 0) is 32.6 Å². The summed E-state index contributed by atoms with van der Waals surface area (Å²) in [5, 5.41) is -0.240. The molecule has 4 heteroatoms. The predicted octanol–water partition coefficient (Wildman–Crippen LogP) is 1.57. The van der Waals surface area contributed by atoms with Gasteiger partial charge in [-0.25, -0.2) is 8.42 Å². The molecule has 0 spiro atoms. The van der Waals surface area contributed by atoms with Crippen LogP contribution in [0, 0.1) is 5.92 Å². The Hall–Kier alpha value is -0.0900. The molecule has 3 nitrogen and oxygen atoms in total. The molecule has 0 saturated carbocycles. The number of hydrogen-bond acceptors (Lipinski definition) is 3. The molecule has 0 aliphatic heterocycles. The Bertz CT molecular complexity index is 245. The predicted molar refractivity (Wildman–Crippen MR) is 61.0 cm³/mol. The summed E-state index contributed by atoms with van der Waals surface area (Å²) in [5.41, 5.74) is 5.56. The van der Waals surface area contributed by atoms with E-state index in [4.69, 9.17) is 5.73 Å². The highest BCUT2D eigenvalue weighted by atomic mass is 32.2. The lowest BCUT2D eigenvalue weighted by molar-refractivity contribution is 0.540. The second-order valence-corrected chi connectivity index (χ2v) is 6.91. The van der Waals surface area contributed by atoms with E-state index in [9.17, 15) is 8.42 Å². The molecule has 0 aromatic rings. The summed E-state index contributed by atoms with van der Waals surface area (Å²) in [6.45, 7) is 7.56. The first-order valence-electron chi connectivity index (χ1n) is 5.24. The average Bonchev–Trinajstić information content (AvgIpc) is 2.01. The molecule has 0 heterocycles. The highest BCUT2D eigenvalue weighted by molar-refractivity contribution is 7.92. The molecule has 0 amide bonds. The summed E-state index contributed by atoms with van der Waals surface area (Å²) >= 11 is 0. The Kier molecular flexibility index (Phi) is 5.67. The van der Waals surface area contributed by atoms with E-state index in [0.717, 1.165) is 6.42 Å². The van der Waals surface area contributed by atoms with E-state index in [0.29, 0.717) is 6.42 Å². The van der Waals surface area contributed by atoms with Crippen molar-refractivity contribution in [2.24, 2.45) is 11.7 Å². The van der Waals surface area contributed by atoms with E-state index in [1.807, 2.05) is 20.8 Å². The van der Waals surface area contributed by atoms with Crippen LogP contribution in [0.25, 0.3) is 0 Å². The van der Waals surface area contributed by atoms with Crippen LogP contribution in [0.4, 0.5) is 0 Å². The van der Waals surface area contributed by atoms with Gasteiger partial charge in [-0.2, -0.15) is 0 Å². The molecule has 0 fully saturated rings. The molecule has 2 atom stereocenters. The van der Waals surface area contributed by atoms with Gasteiger partial charge in [0.1, 0.15) is 0 Å². The highest BCUT2D eigenvalue weighted by Crippen LogP contribution is 2.14. The minimum atomic E-state index is -2.91. The van der Waals surface area contributed by atoms with Gasteiger partial charge in [0.2, 0.25) is 0 Å². The monoisotopic (exact) mass is 221 g/mol. The van der Waals surface area contributed by atoms with Gasteiger partial charge in [-0.3, -0.25) is 0 Å². The van der Waals surface area contributed by atoms with Crippen LogP contribution in [0.1, 0.15) is 40.5 Å². The Morgan fingerprint density at radius 3 is 2.00 bits per heavy atom. The maximum Gasteiger partial charge on any atom is 0.153 e. The third kappa shape index (κ3) is 4.96. The molecular weight excluding hydrogens is 198 g/mol. The second-order valence-electron chi connectivity index (χ2n) is 4.44. The molecule has 0 radical (unpaired) electrons. The summed E-state index contributed by atoms with van der Waals surface area (Å²) in [6.07, 6.45) is 1.46. The van der Waals surface area contributed by atoms with E-state index in [1.165, 1.54) is 0 Å². The smallest absolute Gasteiger partial charge is 0.153 e. The fraction of sp³-hybridized carbons (Fsp3) is 1.00. The van der Waals surface area contributed by atoms with Crippen LogP contribution < -0.4 is 5.73 Å². The molecule has 14 heavy (non-hydrogen) atoms. The zero-order chi connectivity index (χ0) is 11.4. The topological polar surface area (TPSA) is 60.2 Å². The van der Waals surface area contributed by atoms with Crippen molar-refractivity contribution in [1.29, 1.82) is 0 Å². The van der Waals surface area contributed by atoms with Gasteiger partial charge in [0.15, 0.2) is 9.84 Å². The maximum atomic E-state index is 11.7. The van der Waals surface area contributed by atoms with Crippen LogP contribution in [0.3, 0.4) is 0 Å². The van der Waals surface area contributed by atoms with Crippen molar-refractivity contribution in [3.63, 3.8) is 0 Å². The summed E-state index contributed by atoms with van der Waals surface area (Å²) in [7, 11) is -2.91. The minimum Gasteiger partial charge on any atom is -0.328 e. The van der Waals surface area contributed by atoms with E-state index in [1.54, 1.807) is 6.92 Å². The highest BCUT2D eigenvalue weighted by Gasteiger charge is 2.23. The van der Waals surface area contributed by atoms with Crippen LogP contribution in [0.2, 0.25) is 0 Å². The molecular formula is C10H23NO2S. The van der Waals surface area contributed by atoms with E-state index < -0.39 is 9.84 Å². The number of nitrogens with two attached hydrogens (primary N) is 1. The molecule has 0 aromatic heterocycles. The Morgan fingerprint density at radius 2 is 1.64 bits per heavy atom. The van der Waals surface area contributed by atoms with Crippen LogP contribution in [-0.2, 0) is 9.84 Å². The van der Waals surface area contributed by atoms with Crippen molar-refractivity contribution >= 4 is 9.84 Å². The zero-order valence-corrected chi connectivity index (χ0v) is 10.5. The van der Waals surface area contributed by atoms with Gasteiger partial charge in [0.25, 0.3) is 0 Å². The van der Waals surface area contributed by atoms with Crippen molar-refractivity contribution in [3.8, 4) is 0 Å². The molecule has 0 aliphatic carbocycles. The van der Waals surface area contributed by atoms with Crippen molar-refractivity contribution in [1.82, 2.24) is 0 Å². The molecule has 2 N–H and O–H groups in total. The Labute approximate surface area is 88.0 Å². The fourth-order valence-electron chi connectivity index (χ4n) is 1.21. The minimum absolute atomic E-state index is 0.0968. The van der Waals surface area contributed by atoms with Crippen LogP contribution >= 0.6 is 0 Å². The van der Waals surface area contributed by atoms with E-state index in [-0.39, 0.29) is 23.0 Å². The quantitative estimate of drug-likeness (QED) is 0.740. The average molecular weight is 221 g/mol. The van der Waals surface area contributed by atoms with Crippen molar-refractivity contribution < 1.29 is 8.42 Å². The van der Waals surface area contributed by atoms with Crippen molar-refractivity contribution in [2.75, 3.05) is 5.75 Å². The van der Waals surface area contributed by atoms with Gasteiger partial charge >= 0.3 is 0 Å². The largest absolute Gasteiger partial charge is 0.328 e. The first-order valence-corrected chi connectivity index (χ1v) is 6.96. The molecule has 0 aliphatic rings. The third-order valence-electron chi connectivity index (χ3n) is 2.59. The van der Waals surface area contributed by atoms with Gasteiger partial charge < -0.3 is 5.73 Å². The third-order valence-corrected chi connectivity index (χ3v) is 5.13. The lowest BCUT2D eigenvalue weighted by Gasteiger charge is -2.16. The zero-order valence-electron chi connectivity index (χ0n) is 9.66. The summed E-state index contributed by atoms with van der Waals surface area (Å²) < 4.78 is 23.4. The standard InChI is InChI=1S/C10H23NO2S/c1-8(2)10(4)14(12,13)7-5-6-9(3)11/h8-10H,5-7,11H2,1-4H3. The summed E-state index contributed by atoms with van der Waals surface area (Å²) in [4.78, 5) is 0. The van der Waals surface area contributed by atoms with Gasteiger partial charge in [-0.15, -0.1) is 0 Å². The lowest BCUT2D eigenvalue weighted by Crippen LogP contribution is -2.27. The van der Waals surface area contributed by atoms with Gasteiger partial charge in [-0.1, -0.05) is 13.8 Å². The van der Waals surface area contributed by atoms with Crippen LogP contribution in [0.15, 0.2) is 0 Å². The summed E-state index contributed by atoms with van der Waals surface area (Å²) in [6, 6.07) is 0.0968. The van der Waals surface area contributed by atoms with Crippen LogP contribution in [-0.4, -0.2) is 25.5 Å². The van der Waals surface area contributed by atoms with E-state index in [2.05, 4.69) is 0 Å². The lowest BCUT2D eigenvalue weighted by atomic mass is 10.2. The Morgan fingerprint density at radius 1 is 1.14 bits per heavy atom. The van der Waals surface area contributed by atoms with Crippen molar-refractivity contribution in [3.05, 3.63) is 0 Å². The normalized spacial score (nSPS) is 17.0. The van der Waals surface area contributed by atoms with E-state index >= 15 is 0 Å².